The molecule has 4 rings (SSSR count). The Morgan fingerprint density at radius 1 is 1.15 bits per heavy atom. The number of carbonyl (C=O) groups excluding carboxylic acids is 2. The lowest BCUT2D eigenvalue weighted by atomic mass is 9.80. The van der Waals surface area contributed by atoms with Crippen molar-refractivity contribution in [3.8, 4) is 0 Å². The molecule has 33 heavy (non-hydrogen) atoms. The van der Waals surface area contributed by atoms with Gasteiger partial charge in [0, 0.05) is 12.0 Å². The van der Waals surface area contributed by atoms with E-state index in [0.29, 0.717) is 40.5 Å². The molecule has 0 aliphatic heterocycles. The first kappa shape index (κ1) is 23.0. The Hall–Kier alpha value is -3.13. The number of anilines is 4. The van der Waals surface area contributed by atoms with Crippen molar-refractivity contribution in [2.75, 3.05) is 16.0 Å². The molecule has 2 aromatic rings. The summed E-state index contributed by atoms with van der Waals surface area (Å²) in [6, 6.07) is 6.05. The third-order valence-corrected chi connectivity index (χ3v) is 6.75. The van der Waals surface area contributed by atoms with Gasteiger partial charge in [0.25, 0.3) is 0 Å². The Balaban J connectivity index is 1.53. The van der Waals surface area contributed by atoms with Crippen molar-refractivity contribution in [1.29, 1.82) is 0 Å². The predicted octanol–water partition coefficient (Wildman–Crippen LogP) is 4.72. The molecule has 1 aromatic heterocycles. The third kappa shape index (κ3) is 5.63. The van der Waals surface area contributed by atoms with Gasteiger partial charge in [-0.1, -0.05) is 37.1 Å². The van der Waals surface area contributed by atoms with Crippen LogP contribution in [0.25, 0.3) is 0 Å². The number of carbonyl (C=O) groups is 2. The molecule has 2 saturated carbocycles. The number of primary amides is 1. The second kappa shape index (κ2) is 10.2. The zero-order valence-electron chi connectivity index (χ0n) is 18.4. The monoisotopic (exact) mass is 468 g/mol. The molecule has 2 atom stereocenters. The van der Waals surface area contributed by atoms with Gasteiger partial charge in [-0.2, -0.15) is 4.98 Å². The number of halogens is 1. The number of hydrogen-bond acceptors (Lipinski definition) is 6. The highest BCUT2D eigenvalue weighted by molar-refractivity contribution is 6.33. The Kier molecular flexibility index (Phi) is 7.13. The molecule has 2 fully saturated rings. The van der Waals surface area contributed by atoms with E-state index in [9.17, 15) is 9.59 Å². The molecule has 0 spiro atoms. The van der Waals surface area contributed by atoms with Gasteiger partial charge < -0.3 is 21.7 Å². The molecule has 0 saturated heterocycles. The van der Waals surface area contributed by atoms with Gasteiger partial charge in [-0.3, -0.25) is 9.59 Å². The minimum absolute atomic E-state index is 0.0643. The third-order valence-electron chi connectivity index (χ3n) is 6.47. The van der Waals surface area contributed by atoms with Crippen molar-refractivity contribution in [3.05, 3.63) is 47.6 Å². The van der Waals surface area contributed by atoms with E-state index in [-0.39, 0.29) is 23.8 Å². The summed E-state index contributed by atoms with van der Waals surface area (Å²) in [5, 5.41) is 9.76. The molecule has 1 aromatic carbocycles. The van der Waals surface area contributed by atoms with Crippen LogP contribution in [0.15, 0.2) is 37.1 Å². The number of nitrogens with zero attached hydrogens (tertiary/aromatic N) is 2. The van der Waals surface area contributed by atoms with Crippen LogP contribution in [0.5, 0.6) is 0 Å². The molecule has 5 N–H and O–H groups in total. The van der Waals surface area contributed by atoms with E-state index in [1.807, 2.05) is 12.1 Å². The molecule has 2 aliphatic carbocycles. The average molecular weight is 469 g/mol. The highest BCUT2D eigenvalue weighted by Gasteiger charge is 2.26. The van der Waals surface area contributed by atoms with E-state index in [2.05, 4.69) is 38.6 Å². The van der Waals surface area contributed by atoms with Crippen molar-refractivity contribution in [2.24, 2.45) is 11.7 Å². The smallest absolute Gasteiger partial charge is 0.247 e. The number of benzene rings is 1. The van der Waals surface area contributed by atoms with Crippen molar-refractivity contribution in [1.82, 2.24) is 9.97 Å². The van der Waals surface area contributed by atoms with Crippen LogP contribution >= 0.6 is 11.6 Å². The largest absolute Gasteiger partial charge is 0.369 e. The SMILES string of the molecule is C=CC(=O)Nc1cc(C2CCC2)ccc1Nc1nc(NC2CCCC(C(N)=O)C2)ncc1Cl. The first-order chi connectivity index (χ1) is 15.9. The van der Waals surface area contributed by atoms with Crippen molar-refractivity contribution < 1.29 is 9.59 Å². The summed E-state index contributed by atoms with van der Waals surface area (Å²) >= 11 is 6.37. The molecule has 0 bridgehead atoms. The fourth-order valence-corrected chi connectivity index (χ4v) is 4.51. The molecule has 8 nitrogen and oxygen atoms in total. The first-order valence-electron chi connectivity index (χ1n) is 11.4. The molecular formula is C24H29ClN6O2. The molecule has 2 unspecified atom stereocenters. The van der Waals surface area contributed by atoms with Gasteiger partial charge in [0.15, 0.2) is 5.82 Å². The topological polar surface area (TPSA) is 122 Å². The summed E-state index contributed by atoms with van der Waals surface area (Å²) in [5.41, 5.74) is 8.01. The van der Waals surface area contributed by atoms with Gasteiger partial charge in [0.2, 0.25) is 17.8 Å². The number of hydrogen-bond donors (Lipinski definition) is 4. The molecule has 174 valence electrons. The maximum atomic E-state index is 12.0. The standard InChI is InChI=1S/C24H29ClN6O2/c1-2-21(32)29-20-12-15(14-5-3-6-14)9-10-19(20)30-23-18(25)13-27-24(31-23)28-17-8-4-7-16(11-17)22(26)33/h2,9-10,12-14,16-17H,1,3-8,11H2,(H2,26,33)(H,29,32)(H2,27,28,30,31). The zero-order valence-corrected chi connectivity index (χ0v) is 19.2. The summed E-state index contributed by atoms with van der Waals surface area (Å²) in [4.78, 5) is 32.4. The molecular weight excluding hydrogens is 440 g/mol. The predicted molar refractivity (Wildman–Crippen MR) is 131 cm³/mol. The van der Waals surface area contributed by atoms with Crippen molar-refractivity contribution in [2.45, 2.75) is 56.9 Å². The number of nitrogens with one attached hydrogen (secondary N) is 3. The van der Waals surface area contributed by atoms with Crippen LogP contribution in [0.3, 0.4) is 0 Å². The van der Waals surface area contributed by atoms with Crippen molar-refractivity contribution >= 4 is 46.6 Å². The van der Waals surface area contributed by atoms with Gasteiger partial charge in [0.1, 0.15) is 5.02 Å². The highest BCUT2D eigenvalue weighted by Crippen LogP contribution is 2.39. The van der Waals surface area contributed by atoms with E-state index in [1.54, 1.807) is 0 Å². The normalized spacial score (nSPS) is 20.4. The lowest BCUT2D eigenvalue weighted by Gasteiger charge is -2.28. The first-order valence-corrected chi connectivity index (χ1v) is 11.7. The van der Waals surface area contributed by atoms with E-state index >= 15 is 0 Å². The minimum Gasteiger partial charge on any atom is -0.369 e. The zero-order chi connectivity index (χ0) is 23.4. The molecule has 1 heterocycles. The van der Waals surface area contributed by atoms with Gasteiger partial charge in [-0.25, -0.2) is 4.98 Å². The average Bonchev–Trinajstić information content (AvgIpc) is 2.76. The van der Waals surface area contributed by atoms with Gasteiger partial charge in [-0.05, 0) is 61.8 Å². The van der Waals surface area contributed by atoms with Crippen LogP contribution in [-0.4, -0.2) is 27.8 Å². The Labute approximate surface area is 198 Å². The lowest BCUT2D eigenvalue weighted by Crippen LogP contribution is -2.34. The van der Waals surface area contributed by atoms with Crippen LogP contribution in [0.1, 0.15) is 56.4 Å². The Morgan fingerprint density at radius 2 is 1.94 bits per heavy atom. The minimum atomic E-state index is -0.291. The van der Waals surface area contributed by atoms with Gasteiger partial charge >= 0.3 is 0 Å². The van der Waals surface area contributed by atoms with Crippen LogP contribution in [0, 0.1) is 5.92 Å². The fraction of sp³-hybridized carbons (Fsp3) is 0.417. The van der Waals surface area contributed by atoms with Crippen LogP contribution < -0.4 is 21.7 Å². The molecule has 2 amide bonds. The quantitative estimate of drug-likeness (QED) is 0.416. The highest BCUT2D eigenvalue weighted by atomic mass is 35.5. The Bertz CT molecular complexity index is 1060. The maximum absolute atomic E-state index is 12.0. The van der Waals surface area contributed by atoms with Crippen molar-refractivity contribution in [3.63, 3.8) is 0 Å². The molecule has 2 aliphatic rings. The second-order valence-corrected chi connectivity index (χ2v) is 9.16. The van der Waals surface area contributed by atoms with Gasteiger partial charge in [-0.15, -0.1) is 0 Å². The van der Waals surface area contributed by atoms with E-state index in [1.165, 1.54) is 24.3 Å². The summed E-state index contributed by atoms with van der Waals surface area (Å²) in [7, 11) is 0. The fourth-order valence-electron chi connectivity index (χ4n) is 4.37. The molecule has 0 radical (unpaired) electrons. The summed E-state index contributed by atoms with van der Waals surface area (Å²) < 4.78 is 0. The van der Waals surface area contributed by atoms with E-state index < -0.39 is 0 Å². The lowest BCUT2D eigenvalue weighted by molar-refractivity contribution is -0.122. The number of nitrogens with two attached hydrogens (primary N) is 1. The summed E-state index contributed by atoms with van der Waals surface area (Å²) in [5.74, 6) is 0.672. The summed E-state index contributed by atoms with van der Waals surface area (Å²) in [6.07, 6.45) is 9.62. The number of rotatable bonds is 8. The second-order valence-electron chi connectivity index (χ2n) is 8.75. The van der Waals surface area contributed by atoms with E-state index in [0.717, 1.165) is 32.1 Å². The van der Waals surface area contributed by atoms with Gasteiger partial charge in [0.05, 0.1) is 17.6 Å². The number of aromatic nitrogens is 2. The van der Waals surface area contributed by atoms with Crippen LogP contribution in [0.4, 0.5) is 23.1 Å². The molecule has 9 heteroatoms. The number of amides is 2. The van der Waals surface area contributed by atoms with Crippen LogP contribution in [-0.2, 0) is 9.59 Å². The maximum Gasteiger partial charge on any atom is 0.247 e. The van der Waals surface area contributed by atoms with Crippen LogP contribution in [0.2, 0.25) is 5.02 Å². The summed E-state index contributed by atoms with van der Waals surface area (Å²) in [6.45, 7) is 3.54. The Morgan fingerprint density at radius 3 is 2.64 bits per heavy atom. The van der Waals surface area contributed by atoms with E-state index in [4.69, 9.17) is 17.3 Å².